The topological polar surface area (TPSA) is 78.9 Å². The third-order valence-corrected chi connectivity index (χ3v) is 16.3. The van der Waals surface area contributed by atoms with Gasteiger partial charge in [0.2, 0.25) is 0 Å². The molecule has 0 saturated carbocycles. The number of esters is 3. The van der Waals surface area contributed by atoms with E-state index in [1.54, 1.807) is 0 Å². The number of carbonyl (C=O) groups is 3. The highest BCUT2D eigenvalue weighted by atomic mass is 16.6. The number of carbonyl (C=O) groups excluding carboxylic acids is 3. The van der Waals surface area contributed by atoms with Gasteiger partial charge in [0.1, 0.15) is 13.2 Å². The Kier molecular flexibility index (Phi) is 68.1. The molecule has 6 nitrogen and oxygen atoms in total. The van der Waals surface area contributed by atoms with Crippen LogP contribution in [0.3, 0.4) is 0 Å². The summed E-state index contributed by atoms with van der Waals surface area (Å²) in [5.74, 6) is -0.878. The van der Waals surface area contributed by atoms with Crippen LogP contribution in [0.1, 0.15) is 387 Å². The number of hydrogen-bond donors (Lipinski definition) is 0. The largest absolute Gasteiger partial charge is 0.462 e. The molecule has 478 valence electrons. The zero-order chi connectivity index (χ0) is 59.2. The van der Waals surface area contributed by atoms with E-state index in [1.165, 1.54) is 250 Å². The first-order valence-corrected chi connectivity index (χ1v) is 36.3. The number of ether oxygens (including phenoxy) is 3. The summed E-state index contributed by atoms with van der Waals surface area (Å²) >= 11 is 0. The van der Waals surface area contributed by atoms with E-state index < -0.39 is 6.10 Å². The molecular weight excluding hydrogens is 1010 g/mol. The second-order valence-electron chi connectivity index (χ2n) is 24.5. The highest BCUT2D eigenvalue weighted by Gasteiger charge is 2.19. The molecule has 0 aromatic heterocycles. The molecule has 0 aromatic carbocycles. The minimum atomic E-state index is -0.785. The summed E-state index contributed by atoms with van der Waals surface area (Å²) in [6, 6.07) is 0. The number of allylic oxidation sites excluding steroid dienone is 10. The van der Waals surface area contributed by atoms with Crippen molar-refractivity contribution in [2.75, 3.05) is 13.2 Å². The molecule has 0 aliphatic carbocycles. The molecule has 1 atom stereocenters. The first-order chi connectivity index (χ1) is 40.5. The third kappa shape index (κ3) is 67.9. The van der Waals surface area contributed by atoms with Gasteiger partial charge in [-0.2, -0.15) is 0 Å². The maximum absolute atomic E-state index is 13.0. The van der Waals surface area contributed by atoms with Crippen molar-refractivity contribution in [2.45, 2.75) is 393 Å². The summed E-state index contributed by atoms with van der Waals surface area (Å²) in [5.41, 5.74) is 0. The van der Waals surface area contributed by atoms with Crippen molar-refractivity contribution in [1.82, 2.24) is 0 Å². The van der Waals surface area contributed by atoms with Gasteiger partial charge in [0.25, 0.3) is 0 Å². The molecule has 0 radical (unpaired) electrons. The standard InChI is InChI=1S/C76H138O6/c1-4-7-10-13-16-19-22-25-28-31-33-35-37-39-40-42-45-48-51-54-57-60-63-66-69-75(78)81-72-73(71-80-74(77)68-65-62-59-56-53-50-47-44-30-27-24-21-18-15-12-9-6-3)82-76(79)70-67-64-61-58-55-52-49-46-43-41-38-36-34-32-29-26-23-20-17-14-11-8-5-2/h9,12,18,21,27,30,32,34,47,50,73H,4-8,10-11,13-17,19-20,22-26,28-29,31,33,35-46,48-49,51-72H2,1-3H3/b12-9-,21-18-,30-27-,34-32-,50-47-. The van der Waals surface area contributed by atoms with Crippen molar-refractivity contribution in [2.24, 2.45) is 0 Å². The zero-order valence-corrected chi connectivity index (χ0v) is 55.0. The van der Waals surface area contributed by atoms with Gasteiger partial charge in [0, 0.05) is 19.3 Å². The number of hydrogen-bond acceptors (Lipinski definition) is 6. The Balaban J connectivity index is 4.32. The van der Waals surface area contributed by atoms with Crippen molar-refractivity contribution >= 4 is 17.9 Å². The summed E-state index contributed by atoms with van der Waals surface area (Å²) in [6.45, 7) is 6.58. The molecule has 0 N–H and O–H groups in total. The molecule has 0 rings (SSSR count). The average Bonchev–Trinajstić information content (AvgIpc) is 3.47. The quantitative estimate of drug-likeness (QED) is 0.0261. The van der Waals surface area contributed by atoms with Crippen molar-refractivity contribution in [3.63, 3.8) is 0 Å². The molecule has 82 heavy (non-hydrogen) atoms. The lowest BCUT2D eigenvalue weighted by Gasteiger charge is -2.18. The van der Waals surface area contributed by atoms with Gasteiger partial charge in [-0.15, -0.1) is 0 Å². The molecule has 0 heterocycles. The van der Waals surface area contributed by atoms with Crippen LogP contribution in [0.15, 0.2) is 60.8 Å². The van der Waals surface area contributed by atoms with Crippen LogP contribution in [0.5, 0.6) is 0 Å². The van der Waals surface area contributed by atoms with E-state index in [1.807, 2.05) is 0 Å². The van der Waals surface area contributed by atoms with Crippen LogP contribution in [-0.4, -0.2) is 37.2 Å². The first-order valence-electron chi connectivity index (χ1n) is 36.3. The van der Waals surface area contributed by atoms with Crippen molar-refractivity contribution < 1.29 is 28.6 Å². The zero-order valence-electron chi connectivity index (χ0n) is 55.0. The number of unbranched alkanes of at least 4 members (excludes halogenated alkanes) is 46. The number of rotatable bonds is 67. The van der Waals surface area contributed by atoms with Gasteiger partial charge >= 0.3 is 17.9 Å². The van der Waals surface area contributed by atoms with Crippen molar-refractivity contribution in [1.29, 1.82) is 0 Å². The molecule has 0 fully saturated rings. The normalized spacial score (nSPS) is 12.4. The third-order valence-electron chi connectivity index (χ3n) is 16.3. The predicted octanol–water partition coefficient (Wildman–Crippen LogP) is 25.1. The molecule has 0 bridgehead atoms. The Bertz CT molecular complexity index is 1460. The molecule has 0 amide bonds. The van der Waals surface area contributed by atoms with Gasteiger partial charge in [0.05, 0.1) is 0 Å². The van der Waals surface area contributed by atoms with Gasteiger partial charge in [-0.25, -0.2) is 0 Å². The van der Waals surface area contributed by atoms with Crippen LogP contribution in [-0.2, 0) is 28.6 Å². The SMILES string of the molecule is CC/C=C\C/C=C\C/C=C\C/C=C\CCCCCCC(=O)OCC(COC(=O)CCCCCCCCCCCCCCCCCCCCCCCCCC)OC(=O)CCCCCCCCCCCCC/C=C\CCCCCCCCCC. The first kappa shape index (κ1) is 79.1. The summed E-state index contributed by atoms with van der Waals surface area (Å²) in [6.07, 6.45) is 91.1. The molecule has 0 spiro atoms. The van der Waals surface area contributed by atoms with Crippen LogP contribution in [0.4, 0.5) is 0 Å². The second-order valence-corrected chi connectivity index (χ2v) is 24.5. The molecule has 0 saturated heterocycles. The summed E-state index contributed by atoms with van der Waals surface area (Å²) < 4.78 is 17.0. The minimum Gasteiger partial charge on any atom is -0.462 e. The monoisotopic (exact) mass is 1150 g/mol. The van der Waals surface area contributed by atoms with Crippen LogP contribution >= 0.6 is 0 Å². The van der Waals surface area contributed by atoms with E-state index in [-0.39, 0.29) is 31.1 Å². The Morgan fingerprint density at radius 2 is 0.476 bits per heavy atom. The van der Waals surface area contributed by atoms with Gasteiger partial charge < -0.3 is 14.2 Å². The van der Waals surface area contributed by atoms with Crippen LogP contribution in [0.25, 0.3) is 0 Å². The van der Waals surface area contributed by atoms with E-state index >= 15 is 0 Å². The van der Waals surface area contributed by atoms with Crippen molar-refractivity contribution in [3.8, 4) is 0 Å². The highest BCUT2D eigenvalue weighted by Crippen LogP contribution is 2.18. The van der Waals surface area contributed by atoms with E-state index in [4.69, 9.17) is 14.2 Å². The molecule has 0 aliphatic heterocycles. The Morgan fingerprint density at radius 3 is 0.756 bits per heavy atom. The molecule has 0 aromatic rings. The summed E-state index contributed by atoms with van der Waals surface area (Å²) in [7, 11) is 0. The van der Waals surface area contributed by atoms with Crippen LogP contribution in [0.2, 0.25) is 0 Å². The van der Waals surface area contributed by atoms with Crippen LogP contribution < -0.4 is 0 Å². The van der Waals surface area contributed by atoms with Gasteiger partial charge in [-0.1, -0.05) is 345 Å². The van der Waals surface area contributed by atoms with Crippen molar-refractivity contribution in [3.05, 3.63) is 60.8 Å². The van der Waals surface area contributed by atoms with Gasteiger partial charge in [0.15, 0.2) is 6.10 Å². The molecule has 0 aliphatic rings. The van der Waals surface area contributed by atoms with E-state index in [2.05, 4.69) is 81.5 Å². The fourth-order valence-electron chi connectivity index (χ4n) is 10.8. The van der Waals surface area contributed by atoms with Gasteiger partial charge in [-0.3, -0.25) is 14.4 Å². The summed E-state index contributed by atoms with van der Waals surface area (Å²) in [5, 5.41) is 0. The van der Waals surface area contributed by atoms with Crippen LogP contribution in [0, 0.1) is 0 Å². The van der Waals surface area contributed by atoms with E-state index in [0.29, 0.717) is 19.3 Å². The summed E-state index contributed by atoms with van der Waals surface area (Å²) in [4.78, 5) is 38.5. The fourth-order valence-corrected chi connectivity index (χ4v) is 10.8. The Morgan fingerprint density at radius 1 is 0.256 bits per heavy atom. The lowest BCUT2D eigenvalue weighted by molar-refractivity contribution is -0.167. The highest BCUT2D eigenvalue weighted by molar-refractivity contribution is 5.71. The molecular formula is C76H138O6. The lowest BCUT2D eigenvalue weighted by atomic mass is 10.0. The Labute approximate surface area is 510 Å². The smallest absolute Gasteiger partial charge is 0.306 e. The maximum atomic E-state index is 13.0. The molecule has 1 unspecified atom stereocenters. The Hall–Kier alpha value is -2.89. The minimum absolute atomic E-state index is 0.0784. The average molecular weight is 1150 g/mol. The predicted molar refractivity (Wildman–Crippen MR) is 358 cm³/mol. The van der Waals surface area contributed by atoms with E-state index in [0.717, 1.165) is 96.3 Å². The second kappa shape index (κ2) is 70.6. The lowest BCUT2D eigenvalue weighted by Crippen LogP contribution is -2.30. The maximum Gasteiger partial charge on any atom is 0.306 e. The fraction of sp³-hybridized carbons (Fsp3) is 0.829. The molecule has 6 heteroatoms. The van der Waals surface area contributed by atoms with Gasteiger partial charge in [-0.05, 0) is 83.5 Å². The van der Waals surface area contributed by atoms with E-state index in [9.17, 15) is 14.4 Å².